The van der Waals surface area contributed by atoms with Crippen molar-refractivity contribution in [2.75, 3.05) is 6.61 Å². The third kappa shape index (κ3) is 5.69. The second-order valence-corrected chi connectivity index (χ2v) is 6.32. The monoisotopic (exact) mass is 389 g/mol. The number of carbonyl (C=O) groups is 3. The number of aromatic nitrogens is 2. The largest absolute Gasteiger partial charge is 0.456 e. The van der Waals surface area contributed by atoms with Crippen molar-refractivity contribution in [1.82, 2.24) is 15.1 Å². The molecule has 0 spiro atoms. The Morgan fingerprint density at radius 3 is 2.62 bits per heavy atom. The van der Waals surface area contributed by atoms with Gasteiger partial charge in [0.1, 0.15) is 6.54 Å². The molecular formula is C15H14F3N3O4S. The Morgan fingerprint density at radius 1 is 1.27 bits per heavy atom. The molecule has 1 N–H and O–H groups in total. The molecule has 7 nitrogen and oxygen atoms in total. The van der Waals surface area contributed by atoms with Crippen LogP contribution in [0, 0.1) is 0 Å². The predicted molar refractivity (Wildman–Crippen MR) is 84.4 cm³/mol. The van der Waals surface area contributed by atoms with Gasteiger partial charge in [-0.15, -0.1) is 11.3 Å². The summed E-state index contributed by atoms with van der Waals surface area (Å²) in [6.07, 6.45) is -3.60. The number of hydrogen-bond acceptors (Lipinski definition) is 6. The van der Waals surface area contributed by atoms with Crippen molar-refractivity contribution in [3.05, 3.63) is 39.8 Å². The highest BCUT2D eigenvalue weighted by Crippen LogP contribution is 2.27. The lowest BCUT2D eigenvalue weighted by atomic mass is 10.3. The molecule has 1 amide bonds. The van der Waals surface area contributed by atoms with Gasteiger partial charge in [0.05, 0.1) is 11.4 Å². The van der Waals surface area contributed by atoms with E-state index in [2.05, 4.69) is 10.4 Å². The highest BCUT2D eigenvalue weighted by atomic mass is 32.1. The standard InChI is InChI=1S/C15H14F3N3O4S/c1-9(22)19-6-10-2-3-12(26-10)11(23)8-25-14(24)7-21-5-4-13(20-21)15(16,17)18/h2-5H,6-8H2,1H3,(H,19,22). The topological polar surface area (TPSA) is 90.3 Å². The lowest BCUT2D eigenvalue weighted by molar-refractivity contribution is -0.145. The zero-order valence-electron chi connectivity index (χ0n) is 13.5. The van der Waals surface area contributed by atoms with Gasteiger partial charge < -0.3 is 10.1 Å². The normalized spacial score (nSPS) is 11.2. The second-order valence-electron chi connectivity index (χ2n) is 5.16. The van der Waals surface area contributed by atoms with Crippen LogP contribution in [-0.4, -0.2) is 34.0 Å². The van der Waals surface area contributed by atoms with Crippen LogP contribution in [0.4, 0.5) is 13.2 Å². The number of thiophene rings is 1. The van der Waals surface area contributed by atoms with Crippen LogP contribution in [0.3, 0.4) is 0 Å². The molecule has 2 aromatic heterocycles. The Labute approximate surface area is 149 Å². The quantitative estimate of drug-likeness (QED) is 0.578. The van der Waals surface area contributed by atoms with E-state index in [-0.39, 0.29) is 12.5 Å². The average Bonchev–Trinajstić information content (AvgIpc) is 3.19. The highest BCUT2D eigenvalue weighted by molar-refractivity contribution is 7.14. The van der Waals surface area contributed by atoms with Crippen LogP contribution < -0.4 is 5.32 Å². The third-order valence-electron chi connectivity index (χ3n) is 3.03. The van der Waals surface area contributed by atoms with Gasteiger partial charge in [0.2, 0.25) is 11.7 Å². The Kier molecular flexibility index (Phi) is 6.14. The molecule has 2 aromatic rings. The van der Waals surface area contributed by atoms with E-state index in [9.17, 15) is 27.6 Å². The van der Waals surface area contributed by atoms with E-state index in [4.69, 9.17) is 4.74 Å². The number of alkyl halides is 3. The van der Waals surface area contributed by atoms with Gasteiger partial charge in [-0.25, -0.2) is 0 Å². The van der Waals surface area contributed by atoms with Crippen LogP contribution in [0.25, 0.3) is 0 Å². The maximum Gasteiger partial charge on any atom is 0.435 e. The molecule has 0 aliphatic carbocycles. The van der Waals surface area contributed by atoms with Gasteiger partial charge in [0.25, 0.3) is 0 Å². The van der Waals surface area contributed by atoms with Crippen molar-refractivity contribution in [3.8, 4) is 0 Å². The Morgan fingerprint density at radius 2 is 2.00 bits per heavy atom. The molecule has 0 atom stereocenters. The molecule has 11 heteroatoms. The summed E-state index contributed by atoms with van der Waals surface area (Å²) in [6, 6.07) is 3.94. The van der Waals surface area contributed by atoms with Gasteiger partial charge in [-0.1, -0.05) is 0 Å². The van der Waals surface area contributed by atoms with Gasteiger partial charge in [-0.05, 0) is 18.2 Å². The number of nitrogens with one attached hydrogen (secondary N) is 1. The average molecular weight is 389 g/mol. The van der Waals surface area contributed by atoms with Crippen LogP contribution >= 0.6 is 11.3 Å². The number of hydrogen-bond donors (Lipinski definition) is 1. The minimum Gasteiger partial charge on any atom is -0.456 e. The molecule has 0 fully saturated rings. The fraction of sp³-hybridized carbons (Fsp3) is 0.333. The van der Waals surface area contributed by atoms with Crippen molar-refractivity contribution in [1.29, 1.82) is 0 Å². The number of halogens is 3. The van der Waals surface area contributed by atoms with Crippen molar-refractivity contribution >= 4 is 29.0 Å². The number of rotatable bonds is 7. The molecule has 0 aromatic carbocycles. The first-order valence-corrected chi connectivity index (χ1v) is 8.09. The Balaban J connectivity index is 1.82. The van der Waals surface area contributed by atoms with Gasteiger partial charge in [0.15, 0.2) is 12.3 Å². The number of ether oxygens (including phenoxy) is 1. The van der Waals surface area contributed by atoms with E-state index < -0.39 is 36.8 Å². The van der Waals surface area contributed by atoms with Gasteiger partial charge in [-0.2, -0.15) is 18.3 Å². The molecule has 0 aliphatic heterocycles. The number of nitrogens with zero attached hydrogens (tertiary/aromatic N) is 2. The van der Waals surface area contributed by atoms with Crippen molar-refractivity contribution < 1.29 is 32.3 Å². The summed E-state index contributed by atoms with van der Waals surface area (Å²) >= 11 is 1.15. The summed E-state index contributed by atoms with van der Waals surface area (Å²) in [5, 5.41) is 5.81. The Hall–Kier alpha value is -2.69. The molecule has 2 heterocycles. The summed E-state index contributed by atoms with van der Waals surface area (Å²) in [5.41, 5.74) is -1.12. The molecule has 0 saturated carbocycles. The zero-order chi connectivity index (χ0) is 19.3. The van der Waals surface area contributed by atoms with Crippen molar-refractivity contribution in [2.45, 2.75) is 26.2 Å². The number of carbonyl (C=O) groups excluding carboxylic acids is 3. The Bertz CT molecular complexity index is 813. The summed E-state index contributed by atoms with van der Waals surface area (Å²) in [7, 11) is 0. The van der Waals surface area contributed by atoms with E-state index in [1.165, 1.54) is 6.92 Å². The number of ketones is 1. The van der Waals surface area contributed by atoms with E-state index in [0.717, 1.165) is 33.2 Å². The van der Waals surface area contributed by atoms with Crippen LogP contribution in [-0.2, 0) is 33.6 Å². The molecule has 0 radical (unpaired) electrons. The van der Waals surface area contributed by atoms with Crippen LogP contribution in [0.15, 0.2) is 24.4 Å². The number of amides is 1. The van der Waals surface area contributed by atoms with Crippen molar-refractivity contribution in [3.63, 3.8) is 0 Å². The first-order chi connectivity index (χ1) is 12.1. The SMILES string of the molecule is CC(=O)NCc1ccc(C(=O)COC(=O)Cn2ccc(C(F)(F)F)n2)s1. The molecular weight excluding hydrogens is 375 g/mol. The molecule has 2 rings (SSSR count). The fourth-order valence-corrected chi connectivity index (χ4v) is 2.70. The third-order valence-corrected chi connectivity index (χ3v) is 4.16. The lowest BCUT2D eigenvalue weighted by Crippen LogP contribution is -2.19. The van der Waals surface area contributed by atoms with E-state index in [0.29, 0.717) is 4.88 Å². The number of esters is 1. The van der Waals surface area contributed by atoms with E-state index in [1.54, 1.807) is 12.1 Å². The molecule has 0 unspecified atom stereocenters. The fourth-order valence-electron chi connectivity index (χ4n) is 1.83. The van der Waals surface area contributed by atoms with Crippen LogP contribution in [0.5, 0.6) is 0 Å². The summed E-state index contributed by atoms with van der Waals surface area (Å²) < 4.78 is 42.8. The lowest BCUT2D eigenvalue weighted by Gasteiger charge is -2.04. The maximum atomic E-state index is 12.4. The van der Waals surface area contributed by atoms with Gasteiger partial charge >= 0.3 is 12.1 Å². The van der Waals surface area contributed by atoms with Crippen molar-refractivity contribution in [2.24, 2.45) is 0 Å². The second kappa shape index (κ2) is 8.13. The van der Waals surface area contributed by atoms with Gasteiger partial charge in [-0.3, -0.25) is 19.1 Å². The minimum atomic E-state index is -4.60. The first-order valence-electron chi connectivity index (χ1n) is 7.28. The van der Waals surface area contributed by atoms with E-state index >= 15 is 0 Å². The highest BCUT2D eigenvalue weighted by Gasteiger charge is 2.33. The van der Waals surface area contributed by atoms with Gasteiger partial charge in [0, 0.05) is 18.0 Å². The smallest absolute Gasteiger partial charge is 0.435 e. The summed E-state index contributed by atoms with van der Waals surface area (Å²) in [5.74, 6) is -1.54. The molecule has 26 heavy (non-hydrogen) atoms. The van der Waals surface area contributed by atoms with Crippen LogP contribution in [0.2, 0.25) is 0 Å². The predicted octanol–water partition coefficient (Wildman–Crippen LogP) is 2.03. The summed E-state index contributed by atoms with van der Waals surface area (Å²) in [6.45, 7) is 0.582. The number of Topliss-reactive ketones (excluding diaryl/α,β-unsaturated/α-hetero) is 1. The molecule has 0 bridgehead atoms. The summed E-state index contributed by atoms with van der Waals surface area (Å²) in [4.78, 5) is 35.5. The zero-order valence-corrected chi connectivity index (χ0v) is 14.3. The minimum absolute atomic E-state index is 0.201. The molecule has 0 aliphatic rings. The molecule has 0 saturated heterocycles. The molecule has 140 valence electrons. The first kappa shape index (κ1) is 19.6. The van der Waals surface area contributed by atoms with E-state index in [1.807, 2.05) is 0 Å². The van der Waals surface area contributed by atoms with Crippen LogP contribution in [0.1, 0.15) is 27.2 Å². The maximum absolute atomic E-state index is 12.4.